The van der Waals surface area contributed by atoms with Gasteiger partial charge in [0.15, 0.2) is 0 Å². The lowest BCUT2D eigenvalue weighted by Gasteiger charge is -2.44. The standard InChI is InChI=1S/C30H27N3O3/c31-19-21-7-11-25(12-8-21)35-27-16-24(17-28(18-27)36-26-13-9-22(20-32)10-14-26)30(34)33-15-3-5-23-4-1-2-6-29(23)33/h7-14,16-18,23,29H,1-6,15H2. The number of nitrogens with zero attached hydrogens (tertiary/aromatic N) is 3. The van der Waals surface area contributed by atoms with Crippen LogP contribution >= 0.6 is 0 Å². The second kappa shape index (κ2) is 10.5. The maximum Gasteiger partial charge on any atom is 0.254 e. The first kappa shape index (κ1) is 23.5. The number of amides is 1. The van der Waals surface area contributed by atoms with Crippen LogP contribution in [0.4, 0.5) is 0 Å². The minimum Gasteiger partial charge on any atom is -0.457 e. The topological polar surface area (TPSA) is 86.3 Å². The summed E-state index contributed by atoms with van der Waals surface area (Å²) >= 11 is 0. The third-order valence-electron chi connectivity index (χ3n) is 7.07. The molecule has 3 aromatic rings. The van der Waals surface area contributed by atoms with Gasteiger partial charge in [-0.2, -0.15) is 10.5 Å². The quantitative estimate of drug-likeness (QED) is 0.403. The fourth-order valence-corrected chi connectivity index (χ4v) is 5.32. The number of benzene rings is 3. The van der Waals surface area contributed by atoms with Crippen molar-refractivity contribution in [3.63, 3.8) is 0 Å². The van der Waals surface area contributed by atoms with Gasteiger partial charge in [-0.3, -0.25) is 4.79 Å². The molecule has 3 aromatic carbocycles. The number of piperidine rings is 1. The molecule has 2 atom stereocenters. The SMILES string of the molecule is N#Cc1ccc(Oc2cc(Oc3ccc(C#N)cc3)cc(C(=O)N3CCCC4CCCCC43)c2)cc1. The van der Waals surface area contributed by atoms with Gasteiger partial charge in [0.05, 0.1) is 23.3 Å². The Balaban J connectivity index is 1.46. The summed E-state index contributed by atoms with van der Waals surface area (Å²) in [5, 5.41) is 18.1. The van der Waals surface area contributed by atoms with E-state index in [1.165, 1.54) is 25.7 Å². The zero-order valence-electron chi connectivity index (χ0n) is 20.0. The van der Waals surface area contributed by atoms with Crippen molar-refractivity contribution in [2.24, 2.45) is 5.92 Å². The van der Waals surface area contributed by atoms with E-state index in [2.05, 4.69) is 17.0 Å². The number of carbonyl (C=O) groups is 1. The molecule has 2 unspecified atom stereocenters. The molecule has 0 spiro atoms. The van der Waals surface area contributed by atoms with E-state index in [1.54, 1.807) is 66.7 Å². The highest BCUT2D eigenvalue weighted by atomic mass is 16.5. The van der Waals surface area contributed by atoms with Crippen molar-refractivity contribution in [3.05, 3.63) is 83.4 Å². The van der Waals surface area contributed by atoms with E-state index in [4.69, 9.17) is 20.0 Å². The summed E-state index contributed by atoms with van der Waals surface area (Å²) in [4.78, 5) is 15.8. The number of fused-ring (bicyclic) bond motifs is 1. The Kier molecular flexibility index (Phi) is 6.87. The van der Waals surface area contributed by atoms with Gasteiger partial charge in [0.25, 0.3) is 5.91 Å². The van der Waals surface area contributed by atoms with Gasteiger partial charge >= 0.3 is 0 Å². The molecule has 0 aromatic heterocycles. The second-order valence-electron chi connectivity index (χ2n) is 9.42. The zero-order valence-corrected chi connectivity index (χ0v) is 20.0. The first-order valence-electron chi connectivity index (χ1n) is 12.4. The van der Waals surface area contributed by atoms with Gasteiger partial charge in [-0.1, -0.05) is 12.8 Å². The molecular formula is C30H27N3O3. The van der Waals surface area contributed by atoms with E-state index in [0.29, 0.717) is 51.6 Å². The van der Waals surface area contributed by atoms with Crippen LogP contribution in [0.1, 0.15) is 60.0 Å². The Morgan fingerprint density at radius 3 is 1.81 bits per heavy atom. The van der Waals surface area contributed by atoms with Crippen LogP contribution < -0.4 is 9.47 Å². The van der Waals surface area contributed by atoms with Crippen LogP contribution in [0.25, 0.3) is 0 Å². The van der Waals surface area contributed by atoms with Gasteiger partial charge in [0.1, 0.15) is 23.0 Å². The van der Waals surface area contributed by atoms with Crippen LogP contribution in [0.15, 0.2) is 66.7 Å². The van der Waals surface area contributed by atoms with Gasteiger partial charge in [-0.05, 0) is 92.3 Å². The van der Waals surface area contributed by atoms with E-state index in [9.17, 15) is 4.79 Å². The van der Waals surface area contributed by atoms with Gasteiger partial charge in [0.2, 0.25) is 0 Å². The highest BCUT2D eigenvalue weighted by Gasteiger charge is 2.36. The van der Waals surface area contributed by atoms with Crippen LogP contribution in [0.3, 0.4) is 0 Å². The molecule has 1 aliphatic heterocycles. The van der Waals surface area contributed by atoms with Crippen LogP contribution in [0.2, 0.25) is 0 Å². The molecular weight excluding hydrogens is 450 g/mol. The lowest BCUT2D eigenvalue weighted by atomic mass is 9.78. The summed E-state index contributed by atoms with van der Waals surface area (Å²) in [6.45, 7) is 0.770. The zero-order chi connectivity index (χ0) is 24.9. The van der Waals surface area contributed by atoms with Crippen molar-refractivity contribution in [3.8, 4) is 35.1 Å². The molecule has 1 saturated carbocycles. The summed E-state index contributed by atoms with van der Waals surface area (Å²) < 4.78 is 12.1. The molecule has 0 bridgehead atoms. The molecule has 2 fully saturated rings. The summed E-state index contributed by atoms with van der Waals surface area (Å²) in [6.07, 6.45) is 6.90. The molecule has 36 heavy (non-hydrogen) atoms. The Labute approximate surface area is 211 Å². The molecule has 1 aliphatic carbocycles. The van der Waals surface area contributed by atoms with Crippen molar-refractivity contribution < 1.29 is 14.3 Å². The smallest absolute Gasteiger partial charge is 0.254 e. The van der Waals surface area contributed by atoms with Crippen molar-refractivity contribution in [2.75, 3.05) is 6.54 Å². The summed E-state index contributed by atoms with van der Waals surface area (Å²) in [5.41, 5.74) is 1.61. The molecule has 1 amide bonds. The number of ether oxygens (including phenoxy) is 2. The molecule has 6 nitrogen and oxygen atoms in total. The number of hydrogen-bond donors (Lipinski definition) is 0. The largest absolute Gasteiger partial charge is 0.457 e. The van der Waals surface area contributed by atoms with Gasteiger partial charge in [0, 0.05) is 24.2 Å². The van der Waals surface area contributed by atoms with Crippen LogP contribution in [-0.2, 0) is 0 Å². The molecule has 6 heteroatoms. The van der Waals surface area contributed by atoms with Crippen LogP contribution in [0.5, 0.6) is 23.0 Å². The highest BCUT2D eigenvalue weighted by molar-refractivity contribution is 5.95. The lowest BCUT2D eigenvalue weighted by Crippen LogP contribution is -2.49. The first-order chi connectivity index (χ1) is 17.6. The predicted octanol–water partition coefficient (Wildman–Crippen LogP) is 6.81. The number of carbonyl (C=O) groups excluding carboxylic acids is 1. The fourth-order valence-electron chi connectivity index (χ4n) is 5.32. The predicted molar refractivity (Wildman–Crippen MR) is 135 cm³/mol. The second-order valence-corrected chi connectivity index (χ2v) is 9.42. The maximum atomic E-state index is 13.8. The van der Waals surface area contributed by atoms with Crippen LogP contribution in [-0.4, -0.2) is 23.4 Å². The Morgan fingerprint density at radius 2 is 1.25 bits per heavy atom. The maximum absolute atomic E-state index is 13.8. The third kappa shape index (κ3) is 5.19. The Hall–Kier alpha value is -4.29. The van der Waals surface area contributed by atoms with E-state index in [-0.39, 0.29) is 5.91 Å². The van der Waals surface area contributed by atoms with E-state index >= 15 is 0 Å². The molecule has 1 heterocycles. The van der Waals surface area contributed by atoms with Gasteiger partial charge < -0.3 is 14.4 Å². The number of likely N-dealkylation sites (tertiary alicyclic amines) is 1. The third-order valence-corrected chi connectivity index (χ3v) is 7.07. The molecule has 1 saturated heterocycles. The Bertz CT molecular complexity index is 1240. The Morgan fingerprint density at radius 1 is 0.722 bits per heavy atom. The van der Waals surface area contributed by atoms with Crippen molar-refractivity contribution in [1.82, 2.24) is 4.90 Å². The van der Waals surface area contributed by atoms with Crippen molar-refractivity contribution in [2.45, 2.75) is 44.6 Å². The van der Waals surface area contributed by atoms with Crippen molar-refractivity contribution >= 4 is 5.91 Å². The fraction of sp³-hybridized carbons (Fsp3) is 0.300. The monoisotopic (exact) mass is 477 g/mol. The van der Waals surface area contributed by atoms with E-state index in [0.717, 1.165) is 19.4 Å². The molecule has 180 valence electrons. The lowest BCUT2D eigenvalue weighted by molar-refractivity contribution is 0.0390. The highest BCUT2D eigenvalue weighted by Crippen LogP contribution is 2.37. The summed E-state index contributed by atoms with van der Waals surface area (Å²) in [5.74, 6) is 2.67. The molecule has 0 radical (unpaired) electrons. The number of rotatable bonds is 5. The van der Waals surface area contributed by atoms with Crippen LogP contribution in [0, 0.1) is 28.6 Å². The first-order valence-corrected chi connectivity index (χ1v) is 12.4. The van der Waals surface area contributed by atoms with Gasteiger partial charge in [-0.25, -0.2) is 0 Å². The molecule has 0 N–H and O–H groups in total. The average molecular weight is 478 g/mol. The summed E-state index contributed by atoms with van der Waals surface area (Å²) in [7, 11) is 0. The van der Waals surface area contributed by atoms with Crippen molar-refractivity contribution in [1.29, 1.82) is 10.5 Å². The molecule has 2 aliphatic rings. The normalized spacial score (nSPS) is 18.9. The molecule has 5 rings (SSSR count). The number of hydrogen-bond acceptors (Lipinski definition) is 5. The van der Waals surface area contributed by atoms with E-state index in [1.807, 2.05) is 0 Å². The van der Waals surface area contributed by atoms with Gasteiger partial charge in [-0.15, -0.1) is 0 Å². The minimum atomic E-state index is 0.00144. The number of nitriles is 2. The van der Waals surface area contributed by atoms with E-state index < -0.39 is 0 Å². The summed E-state index contributed by atoms with van der Waals surface area (Å²) in [6, 6.07) is 23.4. The minimum absolute atomic E-state index is 0.00144. The average Bonchev–Trinajstić information content (AvgIpc) is 2.93.